The van der Waals surface area contributed by atoms with E-state index in [1.165, 1.54) is 11.1 Å². The summed E-state index contributed by atoms with van der Waals surface area (Å²) in [7, 11) is 0. The van der Waals surface area contributed by atoms with Crippen LogP contribution in [0.4, 0.5) is 16.2 Å². The molecule has 0 bridgehead atoms. The Labute approximate surface area is 150 Å². The van der Waals surface area contributed by atoms with E-state index in [9.17, 15) is 4.79 Å². The first-order valence-corrected chi connectivity index (χ1v) is 8.47. The zero-order chi connectivity index (χ0) is 18.3. The van der Waals surface area contributed by atoms with E-state index in [0.29, 0.717) is 6.54 Å². The Hall–Kier alpha value is -2.75. The molecule has 0 spiro atoms. The summed E-state index contributed by atoms with van der Waals surface area (Å²) in [6.45, 7) is 11.4. The largest absolute Gasteiger partial charge is 0.381 e. The third kappa shape index (κ3) is 5.99. The Morgan fingerprint density at radius 2 is 1.60 bits per heavy atom. The number of benzene rings is 2. The number of amides is 2. The highest BCUT2D eigenvalue weighted by Gasteiger charge is 2.12. The summed E-state index contributed by atoms with van der Waals surface area (Å²) in [6, 6.07) is 16.1. The van der Waals surface area contributed by atoms with Crippen LogP contribution in [0.15, 0.2) is 61.2 Å². The van der Waals surface area contributed by atoms with Gasteiger partial charge in [-0.2, -0.15) is 0 Å². The minimum absolute atomic E-state index is 0.173. The highest BCUT2D eigenvalue weighted by Crippen LogP contribution is 2.22. The summed E-state index contributed by atoms with van der Waals surface area (Å²) in [5, 5.41) is 8.84. The zero-order valence-corrected chi connectivity index (χ0v) is 15.2. The zero-order valence-electron chi connectivity index (χ0n) is 15.2. The van der Waals surface area contributed by atoms with Gasteiger partial charge in [-0.15, -0.1) is 6.58 Å². The number of hydrogen-bond acceptors (Lipinski definition) is 2. The molecule has 0 aliphatic carbocycles. The van der Waals surface area contributed by atoms with Crippen LogP contribution < -0.4 is 16.0 Å². The van der Waals surface area contributed by atoms with Gasteiger partial charge < -0.3 is 16.0 Å². The lowest BCUT2D eigenvalue weighted by Gasteiger charge is -2.19. The molecule has 0 aromatic heterocycles. The summed E-state index contributed by atoms with van der Waals surface area (Å²) in [5.41, 5.74) is 4.51. The second kappa shape index (κ2) is 8.38. The van der Waals surface area contributed by atoms with Crippen LogP contribution >= 0.6 is 0 Å². The summed E-state index contributed by atoms with van der Waals surface area (Å²) < 4.78 is 0. The summed E-state index contributed by atoms with van der Waals surface area (Å²) >= 11 is 0. The predicted octanol–water partition coefficient (Wildman–Crippen LogP) is 4.90. The Kier molecular flexibility index (Phi) is 6.23. The van der Waals surface area contributed by atoms with Gasteiger partial charge in [0.15, 0.2) is 0 Å². The van der Waals surface area contributed by atoms with Crippen molar-refractivity contribution in [1.29, 1.82) is 0 Å². The predicted molar refractivity (Wildman–Crippen MR) is 106 cm³/mol. The third-order valence-corrected chi connectivity index (χ3v) is 3.87. The maximum Gasteiger partial charge on any atom is 0.319 e. The summed E-state index contributed by atoms with van der Waals surface area (Å²) in [6.07, 6.45) is 1.64. The lowest BCUT2D eigenvalue weighted by atomic mass is 9.87. The minimum Gasteiger partial charge on any atom is -0.381 e. The second-order valence-electron chi connectivity index (χ2n) is 7.00. The molecular weight excluding hydrogens is 310 g/mol. The smallest absolute Gasteiger partial charge is 0.319 e. The standard InChI is InChI=1S/C21H27N3O/c1-5-14-22-20(25)24-19-12-10-18(11-13-19)23-15-16-6-8-17(9-7-16)21(2,3)4/h5-13,23H,1,14-15H2,2-4H3,(H2,22,24,25). The first-order valence-electron chi connectivity index (χ1n) is 8.47. The number of carbonyl (C=O) groups is 1. The van der Waals surface area contributed by atoms with E-state index in [0.717, 1.165) is 17.9 Å². The number of urea groups is 1. The van der Waals surface area contributed by atoms with Crippen molar-refractivity contribution in [2.45, 2.75) is 32.7 Å². The van der Waals surface area contributed by atoms with Crippen molar-refractivity contribution < 1.29 is 4.79 Å². The molecule has 25 heavy (non-hydrogen) atoms. The van der Waals surface area contributed by atoms with Crippen molar-refractivity contribution in [3.63, 3.8) is 0 Å². The summed E-state index contributed by atoms with van der Waals surface area (Å²) in [4.78, 5) is 11.6. The van der Waals surface area contributed by atoms with E-state index in [4.69, 9.17) is 0 Å². The fourth-order valence-electron chi connectivity index (χ4n) is 2.34. The molecule has 2 amide bonds. The Morgan fingerprint density at radius 3 is 2.16 bits per heavy atom. The van der Waals surface area contributed by atoms with Gasteiger partial charge in [-0.3, -0.25) is 0 Å². The Bertz CT molecular complexity index is 697. The van der Waals surface area contributed by atoms with Gasteiger partial charge in [0.25, 0.3) is 0 Å². The molecule has 2 aromatic rings. The molecular formula is C21H27N3O. The first-order chi connectivity index (χ1) is 11.9. The van der Waals surface area contributed by atoms with Gasteiger partial charge >= 0.3 is 6.03 Å². The summed E-state index contributed by atoms with van der Waals surface area (Å²) in [5.74, 6) is 0. The molecule has 2 rings (SSSR count). The van der Waals surface area contributed by atoms with Crippen molar-refractivity contribution in [3.8, 4) is 0 Å². The Morgan fingerprint density at radius 1 is 1.00 bits per heavy atom. The number of rotatable bonds is 6. The van der Waals surface area contributed by atoms with E-state index in [1.807, 2.05) is 24.3 Å². The lowest BCUT2D eigenvalue weighted by molar-refractivity contribution is 0.253. The van der Waals surface area contributed by atoms with Crippen LogP contribution in [0.1, 0.15) is 31.9 Å². The van der Waals surface area contributed by atoms with E-state index >= 15 is 0 Å². The van der Waals surface area contributed by atoms with E-state index in [2.05, 4.69) is 67.6 Å². The minimum atomic E-state index is -0.237. The monoisotopic (exact) mass is 337 g/mol. The average molecular weight is 337 g/mol. The maximum atomic E-state index is 11.6. The molecule has 2 aromatic carbocycles. The SMILES string of the molecule is C=CCNC(=O)Nc1ccc(NCc2ccc(C(C)(C)C)cc2)cc1. The van der Waals surface area contributed by atoms with Gasteiger partial charge in [0.05, 0.1) is 0 Å². The lowest BCUT2D eigenvalue weighted by Crippen LogP contribution is -2.28. The van der Waals surface area contributed by atoms with Gasteiger partial charge in [0.2, 0.25) is 0 Å². The molecule has 0 heterocycles. The van der Waals surface area contributed by atoms with Crippen LogP contribution in [0, 0.1) is 0 Å². The fraction of sp³-hybridized carbons (Fsp3) is 0.286. The number of anilines is 2. The molecule has 132 valence electrons. The van der Waals surface area contributed by atoms with Crippen LogP contribution in [0.25, 0.3) is 0 Å². The van der Waals surface area contributed by atoms with Crippen LogP contribution in [-0.2, 0) is 12.0 Å². The van der Waals surface area contributed by atoms with Crippen molar-refractivity contribution in [2.75, 3.05) is 17.2 Å². The van der Waals surface area contributed by atoms with Crippen molar-refractivity contribution in [3.05, 3.63) is 72.3 Å². The van der Waals surface area contributed by atoms with Crippen LogP contribution in [0.2, 0.25) is 0 Å². The molecule has 0 aliphatic heterocycles. The Balaban J connectivity index is 1.87. The highest BCUT2D eigenvalue weighted by atomic mass is 16.2. The molecule has 0 atom stereocenters. The third-order valence-electron chi connectivity index (χ3n) is 3.87. The highest BCUT2D eigenvalue weighted by molar-refractivity contribution is 5.89. The van der Waals surface area contributed by atoms with E-state index in [1.54, 1.807) is 6.08 Å². The number of carbonyl (C=O) groups excluding carboxylic acids is 1. The van der Waals surface area contributed by atoms with Gasteiger partial charge in [-0.25, -0.2) is 4.79 Å². The molecule has 0 aliphatic rings. The topological polar surface area (TPSA) is 53.2 Å². The number of nitrogens with one attached hydrogen (secondary N) is 3. The molecule has 0 radical (unpaired) electrons. The quantitative estimate of drug-likeness (QED) is 0.656. The van der Waals surface area contributed by atoms with Gasteiger partial charge in [0.1, 0.15) is 0 Å². The van der Waals surface area contributed by atoms with E-state index in [-0.39, 0.29) is 11.4 Å². The molecule has 0 unspecified atom stereocenters. The van der Waals surface area contributed by atoms with Crippen LogP contribution in [-0.4, -0.2) is 12.6 Å². The molecule has 4 heteroatoms. The van der Waals surface area contributed by atoms with Gasteiger partial charge in [0, 0.05) is 24.5 Å². The fourth-order valence-corrected chi connectivity index (χ4v) is 2.34. The molecule has 0 fully saturated rings. The molecule has 3 N–H and O–H groups in total. The maximum absolute atomic E-state index is 11.6. The average Bonchev–Trinajstić information content (AvgIpc) is 2.59. The normalized spacial score (nSPS) is 10.8. The van der Waals surface area contributed by atoms with Crippen LogP contribution in [0.3, 0.4) is 0 Å². The van der Waals surface area contributed by atoms with Crippen molar-refractivity contribution in [2.24, 2.45) is 0 Å². The molecule has 0 saturated carbocycles. The first kappa shape index (κ1) is 18.6. The number of hydrogen-bond donors (Lipinski definition) is 3. The van der Waals surface area contributed by atoms with Gasteiger partial charge in [-0.1, -0.05) is 51.1 Å². The molecule has 0 saturated heterocycles. The van der Waals surface area contributed by atoms with Gasteiger partial charge in [-0.05, 0) is 40.8 Å². The van der Waals surface area contributed by atoms with Crippen LogP contribution in [0.5, 0.6) is 0 Å². The van der Waals surface area contributed by atoms with Crippen molar-refractivity contribution in [1.82, 2.24) is 5.32 Å². The van der Waals surface area contributed by atoms with Crippen molar-refractivity contribution >= 4 is 17.4 Å². The van der Waals surface area contributed by atoms with E-state index < -0.39 is 0 Å². The molecule has 4 nitrogen and oxygen atoms in total. The second-order valence-corrected chi connectivity index (χ2v) is 7.00.